The molecule has 5 heteroatoms. The number of aromatic nitrogens is 1. The summed E-state index contributed by atoms with van der Waals surface area (Å²) in [6, 6.07) is 12.4. The van der Waals surface area contributed by atoms with Crippen LogP contribution in [0.2, 0.25) is 0 Å². The van der Waals surface area contributed by atoms with Gasteiger partial charge in [-0.15, -0.1) is 0 Å². The zero-order valence-corrected chi connectivity index (χ0v) is 11.7. The second-order valence-corrected chi connectivity index (χ2v) is 4.69. The molecule has 0 aliphatic carbocycles. The van der Waals surface area contributed by atoms with Crippen molar-refractivity contribution in [3.63, 3.8) is 0 Å². The van der Waals surface area contributed by atoms with Gasteiger partial charge in [0.1, 0.15) is 5.82 Å². The summed E-state index contributed by atoms with van der Waals surface area (Å²) in [6.07, 6.45) is 0.959. The summed E-state index contributed by atoms with van der Waals surface area (Å²) >= 11 is 0. The average molecular weight is 284 g/mol. The minimum absolute atomic E-state index is 0.0910. The third-order valence-electron chi connectivity index (χ3n) is 3.12. The third kappa shape index (κ3) is 4.14. The van der Waals surface area contributed by atoms with Crippen LogP contribution < -0.4 is 5.32 Å². The van der Waals surface area contributed by atoms with Gasteiger partial charge in [0.15, 0.2) is 5.69 Å². The van der Waals surface area contributed by atoms with Gasteiger partial charge in [-0.05, 0) is 36.6 Å². The molecule has 1 amide bonds. The maximum absolute atomic E-state index is 11.9. The zero-order chi connectivity index (χ0) is 15.2. The van der Waals surface area contributed by atoms with Crippen LogP contribution in [-0.2, 0) is 11.2 Å². The number of aryl methyl sites for hydroxylation is 2. The van der Waals surface area contributed by atoms with Crippen molar-refractivity contribution in [2.24, 2.45) is 0 Å². The van der Waals surface area contributed by atoms with Crippen LogP contribution in [0.15, 0.2) is 42.5 Å². The Labute approximate surface area is 122 Å². The van der Waals surface area contributed by atoms with Crippen molar-refractivity contribution in [2.75, 3.05) is 5.32 Å². The fraction of sp³-hybridized carbons (Fsp3) is 0.188. The van der Waals surface area contributed by atoms with E-state index < -0.39 is 5.97 Å². The fourth-order valence-electron chi connectivity index (χ4n) is 1.97. The van der Waals surface area contributed by atoms with E-state index in [0.29, 0.717) is 12.8 Å². The molecule has 0 saturated carbocycles. The number of carboxylic acid groups (broad SMARTS) is 1. The summed E-state index contributed by atoms with van der Waals surface area (Å²) in [6.45, 7) is 2.01. The normalized spacial score (nSPS) is 10.1. The highest BCUT2D eigenvalue weighted by atomic mass is 16.4. The van der Waals surface area contributed by atoms with Crippen molar-refractivity contribution < 1.29 is 14.7 Å². The molecule has 21 heavy (non-hydrogen) atoms. The summed E-state index contributed by atoms with van der Waals surface area (Å²) in [4.78, 5) is 26.5. The molecule has 1 aromatic heterocycles. The lowest BCUT2D eigenvalue weighted by Gasteiger charge is -2.07. The van der Waals surface area contributed by atoms with Gasteiger partial charge < -0.3 is 10.4 Å². The number of hydrogen-bond donors (Lipinski definition) is 2. The van der Waals surface area contributed by atoms with Crippen molar-refractivity contribution in [3.8, 4) is 0 Å². The van der Waals surface area contributed by atoms with E-state index in [2.05, 4.69) is 10.3 Å². The van der Waals surface area contributed by atoms with Crippen LogP contribution in [-0.4, -0.2) is 22.0 Å². The Hall–Kier alpha value is -2.69. The molecule has 2 aromatic rings. The van der Waals surface area contributed by atoms with Crippen LogP contribution in [0, 0.1) is 6.92 Å². The van der Waals surface area contributed by atoms with Crippen LogP contribution in [0.25, 0.3) is 0 Å². The van der Waals surface area contributed by atoms with Crippen molar-refractivity contribution in [2.45, 2.75) is 19.8 Å². The highest BCUT2D eigenvalue weighted by Crippen LogP contribution is 2.11. The number of pyridine rings is 1. The van der Waals surface area contributed by atoms with Crippen LogP contribution >= 0.6 is 0 Å². The van der Waals surface area contributed by atoms with Crippen molar-refractivity contribution in [1.82, 2.24) is 4.98 Å². The van der Waals surface area contributed by atoms with E-state index in [1.165, 1.54) is 6.07 Å². The molecule has 0 aliphatic rings. The topological polar surface area (TPSA) is 79.3 Å². The molecule has 0 saturated heterocycles. The van der Waals surface area contributed by atoms with E-state index in [1.54, 1.807) is 12.1 Å². The number of anilines is 1. The van der Waals surface area contributed by atoms with E-state index in [1.807, 2.05) is 31.2 Å². The molecule has 0 radical (unpaired) electrons. The van der Waals surface area contributed by atoms with Crippen molar-refractivity contribution in [1.29, 1.82) is 0 Å². The number of aromatic carboxylic acids is 1. The minimum atomic E-state index is -1.12. The molecule has 0 aliphatic heterocycles. The first-order valence-electron chi connectivity index (χ1n) is 6.61. The number of carbonyl (C=O) groups excluding carboxylic acids is 1. The summed E-state index contributed by atoms with van der Waals surface area (Å²) < 4.78 is 0. The van der Waals surface area contributed by atoms with Crippen LogP contribution in [0.1, 0.15) is 28.0 Å². The number of hydrogen-bond acceptors (Lipinski definition) is 3. The molecule has 1 aromatic carbocycles. The quantitative estimate of drug-likeness (QED) is 0.884. The van der Waals surface area contributed by atoms with Crippen LogP contribution in [0.5, 0.6) is 0 Å². The molecule has 0 atom stereocenters. The molecule has 0 bridgehead atoms. The molecule has 0 unspecified atom stereocenters. The fourth-order valence-corrected chi connectivity index (χ4v) is 1.97. The van der Waals surface area contributed by atoms with Crippen molar-refractivity contribution in [3.05, 3.63) is 59.3 Å². The summed E-state index contributed by atoms with van der Waals surface area (Å²) in [5, 5.41) is 11.5. The van der Waals surface area contributed by atoms with E-state index >= 15 is 0 Å². The van der Waals surface area contributed by atoms with E-state index in [0.717, 1.165) is 11.1 Å². The van der Waals surface area contributed by atoms with Gasteiger partial charge in [0, 0.05) is 6.42 Å². The van der Waals surface area contributed by atoms with E-state index in [4.69, 9.17) is 5.11 Å². The summed E-state index contributed by atoms with van der Waals surface area (Å²) in [5.74, 6) is -1.05. The third-order valence-corrected chi connectivity index (χ3v) is 3.12. The molecule has 1 heterocycles. The number of carboxylic acids is 1. The van der Waals surface area contributed by atoms with Gasteiger partial charge in [0.05, 0.1) is 0 Å². The molecule has 0 spiro atoms. The Morgan fingerprint density at radius 3 is 2.62 bits per heavy atom. The molecule has 108 valence electrons. The second-order valence-electron chi connectivity index (χ2n) is 4.69. The van der Waals surface area contributed by atoms with Crippen molar-refractivity contribution >= 4 is 17.7 Å². The summed E-state index contributed by atoms with van der Waals surface area (Å²) in [5.41, 5.74) is 2.18. The smallest absolute Gasteiger partial charge is 0.354 e. The highest BCUT2D eigenvalue weighted by molar-refractivity contribution is 5.91. The first kappa shape index (κ1) is 14.7. The maximum atomic E-state index is 11.9. The number of benzene rings is 1. The van der Waals surface area contributed by atoms with Gasteiger partial charge in [0.25, 0.3) is 0 Å². The van der Waals surface area contributed by atoms with Gasteiger partial charge in [0.2, 0.25) is 5.91 Å². The second kappa shape index (κ2) is 6.65. The largest absolute Gasteiger partial charge is 0.477 e. The number of rotatable bonds is 5. The summed E-state index contributed by atoms with van der Waals surface area (Å²) in [7, 11) is 0. The maximum Gasteiger partial charge on any atom is 0.354 e. The molecule has 2 N–H and O–H groups in total. The zero-order valence-electron chi connectivity index (χ0n) is 11.7. The van der Waals surface area contributed by atoms with E-state index in [-0.39, 0.29) is 17.4 Å². The molecular formula is C16H16N2O3. The SMILES string of the molecule is Cc1ccccc1CCC(=O)Nc1cccc(C(=O)O)n1. The Kier molecular flexibility index (Phi) is 4.66. The predicted octanol–water partition coefficient (Wildman–Crippen LogP) is 2.66. The number of carbonyl (C=O) groups is 2. The molecular weight excluding hydrogens is 268 g/mol. The van der Waals surface area contributed by atoms with Gasteiger partial charge in [-0.3, -0.25) is 4.79 Å². The first-order chi connectivity index (χ1) is 10.1. The highest BCUT2D eigenvalue weighted by Gasteiger charge is 2.08. The number of nitrogens with one attached hydrogen (secondary N) is 1. The predicted molar refractivity (Wildman–Crippen MR) is 79.3 cm³/mol. The average Bonchev–Trinajstić information content (AvgIpc) is 2.46. The Morgan fingerprint density at radius 1 is 1.14 bits per heavy atom. The molecule has 2 rings (SSSR count). The lowest BCUT2D eigenvalue weighted by molar-refractivity contribution is -0.116. The molecule has 0 fully saturated rings. The van der Waals surface area contributed by atoms with Gasteiger partial charge in [-0.25, -0.2) is 9.78 Å². The lowest BCUT2D eigenvalue weighted by atomic mass is 10.0. The van der Waals surface area contributed by atoms with Crippen LogP contribution in [0.4, 0.5) is 5.82 Å². The number of amides is 1. The first-order valence-corrected chi connectivity index (χ1v) is 6.61. The van der Waals surface area contributed by atoms with E-state index in [9.17, 15) is 9.59 Å². The van der Waals surface area contributed by atoms with Gasteiger partial charge >= 0.3 is 5.97 Å². The van der Waals surface area contributed by atoms with Gasteiger partial charge in [-0.1, -0.05) is 30.3 Å². The number of nitrogens with zero attached hydrogens (tertiary/aromatic N) is 1. The Balaban J connectivity index is 1.95. The standard InChI is InChI=1S/C16H16N2O3/c1-11-5-2-3-6-12(11)9-10-15(19)18-14-8-4-7-13(17-14)16(20)21/h2-8H,9-10H2,1H3,(H,20,21)(H,17,18,19). The monoisotopic (exact) mass is 284 g/mol. The lowest BCUT2D eigenvalue weighted by Crippen LogP contribution is -2.14. The minimum Gasteiger partial charge on any atom is -0.477 e. The van der Waals surface area contributed by atoms with Crippen LogP contribution in [0.3, 0.4) is 0 Å². The van der Waals surface area contributed by atoms with Gasteiger partial charge in [-0.2, -0.15) is 0 Å². The molecule has 5 nitrogen and oxygen atoms in total. The Morgan fingerprint density at radius 2 is 1.90 bits per heavy atom. The Bertz CT molecular complexity index is 668.